The van der Waals surface area contributed by atoms with Crippen LogP contribution >= 0.6 is 0 Å². The molecule has 0 aliphatic heterocycles. The lowest BCUT2D eigenvalue weighted by molar-refractivity contribution is -0.146. The zero-order chi connectivity index (χ0) is 27.9. The molecule has 3 rings (SSSR count). The molecule has 2 aromatic rings. The van der Waals surface area contributed by atoms with Crippen molar-refractivity contribution >= 4 is 33.3 Å². The molecule has 2 amide bonds. The molecule has 202 valence electrons. The molecule has 0 spiro atoms. The molecule has 0 fully saturated rings. The molecule has 0 saturated carbocycles. The first kappa shape index (κ1) is 28.8. The maximum Gasteiger partial charge on any atom is 0.313 e. The number of carbonyl (C=O) groups excluding carboxylic acids is 2. The molecule has 0 radical (unpaired) electrons. The first-order valence-corrected chi connectivity index (χ1v) is 14.0. The van der Waals surface area contributed by atoms with Gasteiger partial charge in [0.1, 0.15) is 0 Å². The van der Waals surface area contributed by atoms with Crippen molar-refractivity contribution < 1.29 is 22.7 Å². The van der Waals surface area contributed by atoms with E-state index in [0.717, 1.165) is 11.1 Å². The lowest BCUT2D eigenvalue weighted by Gasteiger charge is -2.25. The van der Waals surface area contributed by atoms with Crippen molar-refractivity contribution in [2.45, 2.75) is 45.1 Å². The van der Waals surface area contributed by atoms with E-state index in [1.54, 1.807) is 48.6 Å². The van der Waals surface area contributed by atoms with Crippen molar-refractivity contribution in [1.82, 2.24) is 10.2 Å². The van der Waals surface area contributed by atoms with Gasteiger partial charge in [0.15, 0.2) is 0 Å². The Balaban J connectivity index is 1.74. The van der Waals surface area contributed by atoms with Crippen molar-refractivity contribution in [2.75, 3.05) is 13.2 Å². The van der Waals surface area contributed by atoms with E-state index in [1.165, 1.54) is 11.0 Å². The number of allylic oxidation sites excluding steroid dienone is 4. The van der Waals surface area contributed by atoms with Crippen LogP contribution in [0.3, 0.4) is 0 Å². The first-order valence-electron chi connectivity index (χ1n) is 12.4. The first-order chi connectivity index (χ1) is 18.0. The highest BCUT2D eigenvalue weighted by atomic mass is 32.2. The van der Waals surface area contributed by atoms with E-state index in [0.29, 0.717) is 42.8 Å². The van der Waals surface area contributed by atoms with E-state index in [4.69, 9.17) is 15.3 Å². The number of carbonyl (C=O) groups is 2. The highest BCUT2D eigenvalue weighted by Crippen LogP contribution is 2.30. The molecule has 9 nitrogen and oxygen atoms in total. The third kappa shape index (κ3) is 7.62. The van der Waals surface area contributed by atoms with Crippen LogP contribution in [0.4, 0.5) is 0 Å². The highest BCUT2D eigenvalue weighted by molar-refractivity contribution is 7.89. The third-order valence-corrected chi connectivity index (χ3v) is 6.85. The number of nitrogens with zero attached hydrogens (tertiary/aromatic N) is 1. The fourth-order valence-corrected chi connectivity index (χ4v) is 4.98. The van der Waals surface area contributed by atoms with Crippen LogP contribution < -0.4 is 10.5 Å². The summed E-state index contributed by atoms with van der Waals surface area (Å²) in [7, 11) is -3.88. The van der Waals surface area contributed by atoms with Crippen molar-refractivity contribution in [3.05, 3.63) is 83.1 Å². The second-order valence-corrected chi connectivity index (χ2v) is 11.0. The molecular weight excluding hydrogens is 504 g/mol. The van der Waals surface area contributed by atoms with E-state index in [9.17, 15) is 18.0 Å². The molecular formula is C28H34N4O5S. The second-order valence-electron chi connectivity index (χ2n) is 9.42. The van der Waals surface area contributed by atoms with Crippen molar-refractivity contribution in [1.29, 1.82) is 5.41 Å². The maximum atomic E-state index is 13.1. The fourth-order valence-electron chi connectivity index (χ4n) is 4.21. The normalized spacial score (nSPS) is 13.4. The summed E-state index contributed by atoms with van der Waals surface area (Å²) in [6.07, 6.45) is 4.31. The van der Waals surface area contributed by atoms with Gasteiger partial charge in [-0.1, -0.05) is 50.3 Å². The van der Waals surface area contributed by atoms with Crippen LogP contribution in [0.5, 0.6) is 0 Å². The van der Waals surface area contributed by atoms with Crippen molar-refractivity contribution in [3.63, 3.8) is 0 Å². The molecule has 0 heterocycles. The molecule has 1 aliphatic rings. The molecule has 0 aromatic heterocycles. The van der Waals surface area contributed by atoms with Gasteiger partial charge in [-0.25, -0.2) is 13.6 Å². The van der Waals surface area contributed by atoms with Gasteiger partial charge in [-0.15, -0.1) is 0 Å². The Morgan fingerprint density at radius 2 is 1.84 bits per heavy atom. The van der Waals surface area contributed by atoms with Gasteiger partial charge in [-0.2, -0.15) is 0 Å². The minimum atomic E-state index is -3.88. The van der Waals surface area contributed by atoms with Crippen LogP contribution in [0.25, 0.3) is 5.57 Å². The third-order valence-electron chi connectivity index (χ3n) is 5.88. The largest absolute Gasteiger partial charge is 0.478 e. The Morgan fingerprint density at radius 3 is 2.47 bits per heavy atom. The van der Waals surface area contributed by atoms with Crippen LogP contribution in [0.2, 0.25) is 0 Å². The fraction of sp³-hybridized carbons (Fsp3) is 0.321. The monoisotopic (exact) mass is 538 g/mol. The lowest BCUT2D eigenvalue weighted by atomic mass is 9.96. The number of nitrogens with two attached hydrogens (primary N) is 1. The number of nitrogens with one attached hydrogen (secondary N) is 2. The number of benzene rings is 2. The molecule has 2 aromatic carbocycles. The van der Waals surface area contributed by atoms with Crippen LogP contribution in [0.1, 0.15) is 50.3 Å². The summed E-state index contributed by atoms with van der Waals surface area (Å²) in [5.74, 6) is -1.21. The molecule has 0 saturated heterocycles. The van der Waals surface area contributed by atoms with Gasteiger partial charge >= 0.3 is 11.8 Å². The minimum Gasteiger partial charge on any atom is -0.478 e. The van der Waals surface area contributed by atoms with Gasteiger partial charge in [0.05, 0.1) is 11.5 Å². The van der Waals surface area contributed by atoms with Gasteiger partial charge in [0, 0.05) is 24.4 Å². The predicted octanol–water partition coefficient (Wildman–Crippen LogP) is 3.56. The number of rotatable bonds is 9. The van der Waals surface area contributed by atoms with Crippen molar-refractivity contribution in [3.8, 4) is 0 Å². The van der Waals surface area contributed by atoms with E-state index < -0.39 is 21.8 Å². The van der Waals surface area contributed by atoms with Crippen molar-refractivity contribution in [2.24, 2.45) is 11.1 Å². The standard InChI is InChI=1S/C28H34N4O5S/c1-4-37-26(29)22-9-7-8-20(16-22)18-32(17-19(2)3)28(34)27(33)31-23-14-12-21(13-15-23)24-10-5-6-11-25(24)38(30,35)36/h5-12,14,16,19,29H,4,13,15,17-18H2,1-3H3,(H,31,33)(H2,30,35,36). The average molecular weight is 539 g/mol. The highest BCUT2D eigenvalue weighted by Gasteiger charge is 2.25. The summed E-state index contributed by atoms with van der Waals surface area (Å²) in [6.45, 7) is 6.72. The number of sulfonamides is 1. The van der Waals surface area contributed by atoms with Crippen LogP contribution in [0, 0.1) is 11.3 Å². The van der Waals surface area contributed by atoms with Gasteiger partial charge in [0.25, 0.3) is 0 Å². The molecule has 1 aliphatic carbocycles. The minimum absolute atomic E-state index is 0.0482. The average Bonchev–Trinajstić information content (AvgIpc) is 2.88. The molecule has 10 heteroatoms. The Kier molecular flexibility index (Phi) is 9.60. The Labute approximate surface area is 223 Å². The molecule has 0 atom stereocenters. The summed E-state index contributed by atoms with van der Waals surface area (Å²) in [5, 5.41) is 16.1. The van der Waals surface area contributed by atoms with E-state index in [1.807, 2.05) is 26.8 Å². The Morgan fingerprint density at radius 1 is 1.11 bits per heavy atom. The van der Waals surface area contributed by atoms with Gasteiger partial charge in [0.2, 0.25) is 15.9 Å². The summed E-state index contributed by atoms with van der Waals surface area (Å²) in [5.41, 5.74) is 3.25. The lowest BCUT2D eigenvalue weighted by Crippen LogP contribution is -2.44. The topological polar surface area (TPSA) is 143 Å². The Bertz CT molecular complexity index is 1380. The van der Waals surface area contributed by atoms with Crippen LogP contribution in [0.15, 0.2) is 71.3 Å². The number of amides is 2. The molecule has 4 N–H and O–H groups in total. The number of ether oxygens (including phenoxy) is 1. The molecule has 0 bridgehead atoms. The summed E-state index contributed by atoms with van der Waals surface area (Å²) in [4.78, 5) is 27.6. The van der Waals surface area contributed by atoms with Gasteiger partial charge in [-0.3, -0.25) is 15.0 Å². The Hall–Kier alpha value is -3.76. The summed E-state index contributed by atoms with van der Waals surface area (Å²) >= 11 is 0. The summed E-state index contributed by atoms with van der Waals surface area (Å²) in [6, 6.07) is 13.7. The van der Waals surface area contributed by atoms with Gasteiger partial charge < -0.3 is 15.0 Å². The number of hydrogen-bond donors (Lipinski definition) is 3. The zero-order valence-corrected chi connectivity index (χ0v) is 22.7. The number of primary sulfonamides is 1. The van der Waals surface area contributed by atoms with Crippen LogP contribution in [-0.4, -0.2) is 44.2 Å². The predicted molar refractivity (Wildman–Crippen MR) is 146 cm³/mol. The maximum absolute atomic E-state index is 13.1. The number of hydrogen-bond acceptors (Lipinski definition) is 6. The molecule has 0 unspecified atom stereocenters. The van der Waals surface area contributed by atoms with E-state index in [-0.39, 0.29) is 23.3 Å². The van der Waals surface area contributed by atoms with Gasteiger partial charge in [-0.05, 0) is 66.7 Å². The SMILES string of the molecule is CCOC(=N)c1cccc(CN(CC(C)C)C(=O)C(=O)NC2=CC=C(c3ccccc3S(N)(=O)=O)CC2)c1. The quantitative estimate of drug-likeness (QED) is 0.254. The summed E-state index contributed by atoms with van der Waals surface area (Å²) < 4.78 is 29.2. The van der Waals surface area contributed by atoms with Crippen LogP contribution in [-0.2, 0) is 30.9 Å². The zero-order valence-electron chi connectivity index (χ0n) is 21.9. The second kappa shape index (κ2) is 12.7. The van der Waals surface area contributed by atoms with E-state index >= 15 is 0 Å². The smallest absolute Gasteiger partial charge is 0.313 e. The molecule has 38 heavy (non-hydrogen) atoms. The van der Waals surface area contributed by atoms with E-state index in [2.05, 4.69) is 5.32 Å².